The van der Waals surface area contributed by atoms with Crippen molar-refractivity contribution >= 4 is 33.3 Å². The van der Waals surface area contributed by atoms with Gasteiger partial charge in [-0.1, -0.05) is 29.8 Å². The fourth-order valence-corrected chi connectivity index (χ4v) is 2.73. The molecule has 0 aliphatic rings. The third-order valence-corrected chi connectivity index (χ3v) is 3.49. The van der Waals surface area contributed by atoms with Crippen molar-refractivity contribution in [3.05, 3.63) is 39.6 Å². The number of aryl methyl sites for hydroxylation is 2. The van der Waals surface area contributed by atoms with Gasteiger partial charge >= 0.3 is 0 Å². The number of nitrogen functional groups attached to an aromatic ring is 1. The SMILES string of the molecule is Cc1cc(Br)cc(C)c1Nc1cc(N)nc(C(C)C)n1. The molecule has 2 aromatic rings. The highest BCUT2D eigenvalue weighted by molar-refractivity contribution is 9.10. The van der Waals surface area contributed by atoms with E-state index >= 15 is 0 Å². The van der Waals surface area contributed by atoms with E-state index in [-0.39, 0.29) is 5.92 Å². The van der Waals surface area contributed by atoms with E-state index < -0.39 is 0 Å². The normalized spacial score (nSPS) is 10.9. The van der Waals surface area contributed by atoms with Gasteiger partial charge in [0.25, 0.3) is 0 Å². The molecule has 106 valence electrons. The van der Waals surface area contributed by atoms with Crippen molar-refractivity contribution < 1.29 is 0 Å². The summed E-state index contributed by atoms with van der Waals surface area (Å²) < 4.78 is 1.07. The molecule has 20 heavy (non-hydrogen) atoms. The van der Waals surface area contributed by atoms with Crippen LogP contribution in [0, 0.1) is 13.8 Å². The zero-order valence-electron chi connectivity index (χ0n) is 12.2. The van der Waals surface area contributed by atoms with E-state index in [9.17, 15) is 0 Å². The van der Waals surface area contributed by atoms with Crippen LogP contribution in [0.5, 0.6) is 0 Å². The summed E-state index contributed by atoms with van der Waals surface area (Å²) in [4.78, 5) is 8.77. The second-order valence-electron chi connectivity index (χ2n) is 5.23. The van der Waals surface area contributed by atoms with Crippen LogP contribution in [0.25, 0.3) is 0 Å². The van der Waals surface area contributed by atoms with Crippen molar-refractivity contribution in [3.63, 3.8) is 0 Å². The molecule has 1 aromatic heterocycles. The predicted octanol–water partition coefficient (Wildman–Crippen LogP) is 4.31. The van der Waals surface area contributed by atoms with Crippen molar-refractivity contribution in [3.8, 4) is 0 Å². The number of nitrogens with zero attached hydrogens (tertiary/aromatic N) is 2. The summed E-state index contributed by atoms with van der Waals surface area (Å²) in [5.41, 5.74) is 9.21. The lowest BCUT2D eigenvalue weighted by atomic mass is 10.1. The van der Waals surface area contributed by atoms with Crippen LogP contribution < -0.4 is 11.1 Å². The van der Waals surface area contributed by atoms with Crippen LogP contribution in [-0.4, -0.2) is 9.97 Å². The highest BCUT2D eigenvalue weighted by atomic mass is 79.9. The zero-order valence-corrected chi connectivity index (χ0v) is 13.7. The molecular formula is C15H19BrN4. The topological polar surface area (TPSA) is 63.8 Å². The second-order valence-corrected chi connectivity index (χ2v) is 6.15. The van der Waals surface area contributed by atoms with Crippen LogP contribution in [-0.2, 0) is 0 Å². The standard InChI is InChI=1S/C15H19BrN4/c1-8(2)15-18-12(17)7-13(20-15)19-14-9(3)5-11(16)6-10(14)4/h5-8H,1-4H3,(H3,17,18,19,20). The number of halogens is 1. The number of hydrogen-bond donors (Lipinski definition) is 2. The molecule has 0 spiro atoms. The molecule has 0 fully saturated rings. The van der Waals surface area contributed by atoms with Gasteiger partial charge in [-0.25, -0.2) is 9.97 Å². The number of nitrogens with two attached hydrogens (primary N) is 1. The van der Waals surface area contributed by atoms with Crippen molar-refractivity contribution in [2.45, 2.75) is 33.6 Å². The van der Waals surface area contributed by atoms with E-state index in [4.69, 9.17) is 5.73 Å². The molecule has 0 saturated heterocycles. The third kappa shape index (κ3) is 3.28. The number of nitrogens with one attached hydrogen (secondary N) is 1. The molecule has 0 aliphatic carbocycles. The average Bonchev–Trinajstić information content (AvgIpc) is 2.33. The minimum absolute atomic E-state index is 0.242. The van der Waals surface area contributed by atoms with Gasteiger partial charge in [-0.15, -0.1) is 0 Å². The van der Waals surface area contributed by atoms with Crippen molar-refractivity contribution in [2.75, 3.05) is 11.1 Å². The summed E-state index contributed by atoms with van der Waals surface area (Å²) in [6.07, 6.45) is 0. The van der Waals surface area contributed by atoms with Crippen LogP contribution >= 0.6 is 15.9 Å². The predicted molar refractivity (Wildman–Crippen MR) is 87.4 cm³/mol. The van der Waals surface area contributed by atoms with Gasteiger partial charge in [-0.3, -0.25) is 0 Å². The smallest absolute Gasteiger partial charge is 0.136 e. The van der Waals surface area contributed by atoms with Gasteiger partial charge < -0.3 is 11.1 Å². The minimum Gasteiger partial charge on any atom is -0.384 e. The lowest BCUT2D eigenvalue weighted by molar-refractivity contribution is 0.779. The van der Waals surface area contributed by atoms with E-state index in [0.717, 1.165) is 32.9 Å². The number of aromatic nitrogens is 2. The Morgan fingerprint density at radius 2 is 1.70 bits per heavy atom. The molecule has 0 atom stereocenters. The van der Waals surface area contributed by atoms with Gasteiger partial charge in [-0.05, 0) is 37.1 Å². The lowest BCUT2D eigenvalue weighted by Gasteiger charge is -2.14. The fourth-order valence-electron chi connectivity index (χ4n) is 2.04. The first kappa shape index (κ1) is 14.8. The van der Waals surface area contributed by atoms with Crippen LogP contribution in [0.1, 0.15) is 36.7 Å². The maximum Gasteiger partial charge on any atom is 0.136 e. The highest BCUT2D eigenvalue weighted by Gasteiger charge is 2.09. The van der Waals surface area contributed by atoms with E-state index in [1.165, 1.54) is 0 Å². The van der Waals surface area contributed by atoms with Crippen molar-refractivity contribution in [1.82, 2.24) is 9.97 Å². The monoisotopic (exact) mass is 334 g/mol. The molecule has 0 radical (unpaired) electrons. The van der Waals surface area contributed by atoms with Gasteiger partial charge in [0.1, 0.15) is 17.5 Å². The molecule has 4 nitrogen and oxygen atoms in total. The largest absolute Gasteiger partial charge is 0.384 e. The Bertz CT molecular complexity index is 615. The number of hydrogen-bond acceptors (Lipinski definition) is 4. The molecule has 0 amide bonds. The molecule has 5 heteroatoms. The quantitative estimate of drug-likeness (QED) is 0.877. The molecule has 0 aliphatic heterocycles. The first-order chi connectivity index (χ1) is 9.36. The van der Waals surface area contributed by atoms with Crippen molar-refractivity contribution in [1.29, 1.82) is 0 Å². The first-order valence-corrected chi connectivity index (χ1v) is 7.34. The van der Waals surface area contributed by atoms with Gasteiger partial charge in [0.15, 0.2) is 0 Å². The second kappa shape index (κ2) is 5.79. The maximum atomic E-state index is 5.85. The van der Waals surface area contributed by atoms with E-state index in [2.05, 4.69) is 71.0 Å². The van der Waals surface area contributed by atoms with E-state index in [1.54, 1.807) is 6.07 Å². The van der Waals surface area contributed by atoms with Crippen LogP contribution in [0.2, 0.25) is 0 Å². The van der Waals surface area contributed by atoms with E-state index in [0.29, 0.717) is 5.82 Å². The summed E-state index contributed by atoms with van der Waals surface area (Å²) >= 11 is 3.50. The molecule has 0 unspecified atom stereocenters. The minimum atomic E-state index is 0.242. The number of rotatable bonds is 3. The molecule has 1 aromatic carbocycles. The third-order valence-electron chi connectivity index (χ3n) is 3.03. The summed E-state index contributed by atoms with van der Waals surface area (Å²) in [5.74, 6) is 2.21. The van der Waals surface area contributed by atoms with Gasteiger partial charge in [0.05, 0.1) is 0 Å². The van der Waals surface area contributed by atoms with Crippen molar-refractivity contribution in [2.24, 2.45) is 0 Å². The molecule has 3 N–H and O–H groups in total. The lowest BCUT2D eigenvalue weighted by Crippen LogP contribution is -2.06. The fraction of sp³-hybridized carbons (Fsp3) is 0.333. The number of anilines is 3. The molecule has 0 bridgehead atoms. The van der Waals surface area contributed by atoms with Crippen LogP contribution in [0.3, 0.4) is 0 Å². The molecule has 2 rings (SSSR count). The first-order valence-electron chi connectivity index (χ1n) is 6.55. The summed E-state index contributed by atoms with van der Waals surface area (Å²) in [6, 6.07) is 5.90. The van der Waals surface area contributed by atoms with Crippen LogP contribution in [0.15, 0.2) is 22.7 Å². The summed E-state index contributed by atoms with van der Waals surface area (Å²) in [5, 5.41) is 3.35. The molecule has 1 heterocycles. The number of benzene rings is 1. The van der Waals surface area contributed by atoms with Gasteiger partial charge in [0, 0.05) is 22.1 Å². The van der Waals surface area contributed by atoms with Crippen LogP contribution in [0.4, 0.5) is 17.3 Å². The van der Waals surface area contributed by atoms with E-state index in [1.807, 2.05) is 0 Å². The molecular weight excluding hydrogens is 316 g/mol. The highest BCUT2D eigenvalue weighted by Crippen LogP contribution is 2.28. The Kier molecular flexibility index (Phi) is 4.28. The maximum absolute atomic E-state index is 5.85. The summed E-state index contributed by atoms with van der Waals surface area (Å²) in [7, 11) is 0. The zero-order chi connectivity index (χ0) is 14.9. The Labute approximate surface area is 128 Å². The Morgan fingerprint density at radius 3 is 2.25 bits per heavy atom. The van der Waals surface area contributed by atoms with Gasteiger partial charge in [0.2, 0.25) is 0 Å². The summed E-state index contributed by atoms with van der Waals surface area (Å²) in [6.45, 7) is 8.23. The Hall–Kier alpha value is -1.62. The van der Waals surface area contributed by atoms with Gasteiger partial charge in [-0.2, -0.15) is 0 Å². The Morgan fingerprint density at radius 1 is 1.10 bits per heavy atom. The molecule has 0 saturated carbocycles. The average molecular weight is 335 g/mol. The Balaban J connectivity index is 2.40.